The number of pyridine rings is 1. The van der Waals surface area contributed by atoms with Crippen molar-refractivity contribution in [1.82, 2.24) is 0 Å². The second-order valence-corrected chi connectivity index (χ2v) is 7.44. The van der Waals surface area contributed by atoms with Gasteiger partial charge in [-0.3, -0.25) is 0 Å². The minimum absolute atomic E-state index is 1.17. The summed E-state index contributed by atoms with van der Waals surface area (Å²) in [6, 6.07) is 4.51. The molecule has 0 aliphatic heterocycles. The summed E-state index contributed by atoms with van der Waals surface area (Å²) in [4.78, 5) is 0. The Morgan fingerprint density at radius 1 is 0.667 bits per heavy atom. The van der Waals surface area contributed by atoms with Crippen molar-refractivity contribution in [3.8, 4) is 0 Å². The van der Waals surface area contributed by atoms with E-state index in [1.807, 2.05) is 0 Å². The number of aromatic nitrogens is 1. The van der Waals surface area contributed by atoms with Gasteiger partial charge in [-0.05, 0) is 18.9 Å². The van der Waals surface area contributed by atoms with Gasteiger partial charge < -0.3 is 0 Å². The summed E-state index contributed by atoms with van der Waals surface area (Å²) < 4.78 is 2.36. The molecular formula is C23H42N+. The van der Waals surface area contributed by atoms with E-state index >= 15 is 0 Å². The standard InChI is InChI=1S/C23H42N/c1-3-5-7-8-9-10-11-12-13-14-15-16-18-23-19-17-21-24(22-23)20-6-4-2/h17,19,21-22H,3-16,18,20H2,1-2H3/q+1. The van der Waals surface area contributed by atoms with Crippen LogP contribution in [0.4, 0.5) is 0 Å². The Bertz CT molecular complexity index is 385. The molecule has 0 fully saturated rings. The average Bonchev–Trinajstić information content (AvgIpc) is 2.61. The molecule has 0 amide bonds. The molecular weight excluding hydrogens is 290 g/mol. The molecule has 1 aromatic rings. The summed E-state index contributed by atoms with van der Waals surface area (Å²) in [5.41, 5.74) is 1.51. The first-order chi connectivity index (χ1) is 11.9. The molecule has 1 heteroatoms. The van der Waals surface area contributed by atoms with Gasteiger partial charge in [0.2, 0.25) is 0 Å². The molecule has 1 rings (SSSR count). The third kappa shape index (κ3) is 11.6. The first-order valence-electron chi connectivity index (χ1n) is 10.8. The number of hydrogen-bond donors (Lipinski definition) is 0. The molecule has 0 aromatic carbocycles. The molecule has 1 heterocycles. The van der Waals surface area contributed by atoms with Gasteiger partial charge in [0.25, 0.3) is 0 Å². The fourth-order valence-electron chi connectivity index (χ4n) is 3.37. The van der Waals surface area contributed by atoms with Crippen LogP contribution in [0.5, 0.6) is 0 Å². The molecule has 138 valence electrons. The molecule has 0 saturated heterocycles. The molecule has 1 aromatic heterocycles. The first-order valence-corrected chi connectivity index (χ1v) is 10.8. The van der Waals surface area contributed by atoms with Gasteiger partial charge in [0, 0.05) is 18.1 Å². The second-order valence-electron chi connectivity index (χ2n) is 7.44. The summed E-state index contributed by atoms with van der Waals surface area (Å²) in [7, 11) is 0. The second kappa shape index (κ2) is 15.7. The average molecular weight is 333 g/mol. The monoisotopic (exact) mass is 332 g/mol. The topological polar surface area (TPSA) is 3.88 Å². The lowest BCUT2D eigenvalue weighted by Crippen LogP contribution is -2.33. The molecule has 0 bridgehead atoms. The number of rotatable bonds is 16. The lowest BCUT2D eigenvalue weighted by molar-refractivity contribution is -0.697. The molecule has 0 aliphatic carbocycles. The van der Waals surface area contributed by atoms with E-state index in [9.17, 15) is 0 Å². The van der Waals surface area contributed by atoms with Crippen molar-refractivity contribution < 1.29 is 4.57 Å². The Morgan fingerprint density at radius 3 is 1.79 bits per heavy atom. The van der Waals surface area contributed by atoms with E-state index in [1.165, 1.54) is 108 Å². The van der Waals surface area contributed by atoms with Crippen LogP contribution >= 0.6 is 0 Å². The highest BCUT2D eigenvalue weighted by atomic mass is 14.9. The van der Waals surface area contributed by atoms with Crippen LogP contribution in [0, 0.1) is 0 Å². The van der Waals surface area contributed by atoms with E-state index in [4.69, 9.17) is 0 Å². The predicted octanol–water partition coefficient (Wildman–Crippen LogP) is 7.02. The number of hydrogen-bond acceptors (Lipinski definition) is 0. The summed E-state index contributed by atoms with van der Waals surface area (Å²) in [6.45, 7) is 5.72. The molecule has 0 unspecified atom stereocenters. The summed E-state index contributed by atoms with van der Waals surface area (Å²) in [5, 5.41) is 0. The van der Waals surface area contributed by atoms with E-state index in [2.05, 4.69) is 42.9 Å². The van der Waals surface area contributed by atoms with Crippen molar-refractivity contribution in [2.75, 3.05) is 0 Å². The van der Waals surface area contributed by atoms with Crippen LogP contribution in [0.25, 0.3) is 0 Å². The Kier molecular flexibility index (Phi) is 13.8. The van der Waals surface area contributed by atoms with E-state index < -0.39 is 0 Å². The zero-order valence-corrected chi connectivity index (χ0v) is 16.6. The van der Waals surface area contributed by atoms with E-state index in [1.54, 1.807) is 0 Å². The molecule has 0 aliphatic rings. The van der Waals surface area contributed by atoms with Gasteiger partial charge in [0.15, 0.2) is 12.4 Å². The summed E-state index contributed by atoms with van der Waals surface area (Å²) in [5.74, 6) is 0. The first kappa shape index (κ1) is 21.2. The van der Waals surface area contributed by atoms with E-state index in [-0.39, 0.29) is 0 Å². The molecule has 0 spiro atoms. The fourth-order valence-corrected chi connectivity index (χ4v) is 3.37. The SMILES string of the molecule is CCCCCCCCCCCCCCc1ccc[n+](CCCC)c1. The molecule has 0 radical (unpaired) electrons. The van der Waals surface area contributed by atoms with Gasteiger partial charge in [-0.2, -0.15) is 0 Å². The van der Waals surface area contributed by atoms with Gasteiger partial charge in [0.05, 0.1) is 0 Å². The maximum Gasteiger partial charge on any atom is 0.171 e. The van der Waals surface area contributed by atoms with Crippen LogP contribution < -0.4 is 4.57 Å². The van der Waals surface area contributed by atoms with Crippen LogP contribution in [0.2, 0.25) is 0 Å². The summed E-state index contributed by atoms with van der Waals surface area (Å²) in [6.07, 6.45) is 25.6. The number of aryl methyl sites for hydroxylation is 2. The quantitative estimate of drug-likeness (QED) is 0.226. The van der Waals surface area contributed by atoms with Crippen LogP contribution in [0.3, 0.4) is 0 Å². The van der Waals surface area contributed by atoms with Crippen LogP contribution in [-0.4, -0.2) is 0 Å². The maximum atomic E-state index is 2.36. The Morgan fingerprint density at radius 2 is 1.21 bits per heavy atom. The Labute approximate surface area is 151 Å². The van der Waals surface area contributed by atoms with Crippen molar-refractivity contribution in [1.29, 1.82) is 0 Å². The number of unbranched alkanes of at least 4 members (excludes halogenated alkanes) is 12. The van der Waals surface area contributed by atoms with Crippen molar-refractivity contribution >= 4 is 0 Å². The maximum absolute atomic E-state index is 2.36. The van der Waals surface area contributed by atoms with Gasteiger partial charge in [-0.15, -0.1) is 0 Å². The lowest BCUT2D eigenvalue weighted by Gasteiger charge is -2.03. The van der Waals surface area contributed by atoms with Crippen LogP contribution in [-0.2, 0) is 13.0 Å². The third-order valence-electron chi connectivity index (χ3n) is 5.01. The Balaban J connectivity index is 1.93. The molecule has 0 saturated carbocycles. The Hall–Kier alpha value is -0.850. The van der Waals surface area contributed by atoms with Crippen LogP contribution in [0.1, 0.15) is 109 Å². The van der Waals surface area contributed by atoms with Gasteiger partial charge in [-0.1, -0.05) is 90.9 Å². The summed E-state index contributed by atoms with van der Waals surface area (Å²) >= 11 is 0. The predicted molar refractivity (Wildman–Crippen MR) is 106 cm³/mol. The third-order valence-corrected chi connectivity index (χ3v) is 5.01. The zero-order chi connectivity index (χ0) is 17.3. The largest absolute Gasteiger partial charge is 0.205 e. The molecule has 1 nitrogen and oxygen atoms in total. The minimum Gasteiger partial charge on any atom is -0.205 e. The molecule has 0 N–H and O–H groups in total. The van der Waals surface area contributed by atoms with Crippen molar-refractivity contribution in [2.24, 2.45) is 0 Å². The van der Waals surface area contributed by atoms with Crippen molar-refractivity contribution in [3.63, 3.8) is 0 Å². The van der Waals surface area contributed by atoms with Gasteiger partial charge >= 0.3 is 0 Å². The van der Waals surface area contributed by atoms with Crippen molar-refractivity contribution in [2.45, 2.75) is 117 Å². The molecule has 0 atom stereocenters. The van der Waals surface area contributed by atoms with E-state index in [0.29, 0.717) is 0 Å². The minimum atomic E-state index is 1.17. The van der Waals surface area contributed by atoms with Crippen molar-refractivity contribution in [3.05, 3.63) is 30.1 Å². The lowest BCUT2D eigenvalue weighted by atomic mass is 10.0. The zero-order valence-electron chi connectivity index (χ0n) is 16.6. The van der Waals surface area contributed by atoms with Crippen LogP contribution in [0.15, 0.2) is 24.5 Å². The fraction of sp³-hybridized carbons (Fsp3) is 0.783. The van der Waals surface area contributed by atoms with Gasteiger partial charge in [-0.25, -0.2) is 4.57 Å². The molecule has 24 heavy (non-hydrogen) atoms. The van der Waals surface area contributed by atoms with E-state index in [0.717, 1.165) is 0 Å². The normalized spacial score (nSPS) is 11.1. The van der Waals surface area contributed by atoms with Gasteiger partial charge in [0.1, 0.15) is 6.54 Å². The highest BCUT2D eigenvalue weighted by Gasteiger charge is 2.02. The highest BCUT2D eigenvalue weighted by molar-refractivity contribution is 5.05. The smallest absolute Gasteiger partial charge is 0.171 e. The highest BCUT2D eigenvalue weighted by Crippen LogP contribution is 2.13. The number of nitrogens with zero attached hydrogens (tertiary/aromatic N) is 1.